The molecule has 9 aromatic heterocycles. The first-order valence-electron chi connectivity index (χ1n) is 23.7. The van der Waals surface area contributed by atoms with Gasteiger partial charge in [-0.2, -0.15) is 19.6 Å². The topological polar surface area (TPSA) is 229 Å². The molecule has 0 amide bonds. The van der Waals surface area contributed by atoms with Crippen LogP contribution in [-0.4, -0.2) is 69.4 Å². The first-order chi connectivity index (χ1) is 33.8. The molecule has 0 fully saturated rings. The Morgan fingerprint density at radius 2 is 1.23 bits per heavy atom. The van der Waals surface area contributed by atoms with Crippen LogP contribution in [0.25, 0.3) is 0 Å². The normalized spacial score (nSPS) is 7.79. The zero-order valence-electron chi connectivity index (χ0n) is 47.5. The van der Waals surface area contributed by atoms with Crippen molar-refractivity contribution in [3.63, 3.8) is 0 Å². The summed E-state index contributed by atoms with van der Waals surface area (Å²) < 4.78 is 21.5. The predicted octanol–water partition coefficient (Wildman–Crippen LogP) is 16.0. The molecule has 398 valence electrons. The van der Waals surface area contributed by atoms with Gasteiger partial charge in [-0.15, -0.1) is 11.3 Å². The average Bonchev–Trinajstić information content (AvgIpc) is 4.22. The van der Waals surface area contributed by atoms with E-state index in [0.29, 0.717) is 11.7 Å². The van der Waals surface area contributed by atoms with Gasteiger partial charge in [0.2, 0.25) is 5.89 Å². The lowest BCUT2D eigenvalue weighted by atomic mass is 10.4. The number of rotatable bonds is 0. The van der Waals surface area contributed by atoms with Crippen LogP contribution in [0.4, 0.5) is 0 Å². The number of hydrogen-bond acceptors (Lipinski definition) is 17. The zero-order chi connectivity index (χ0) is 55.4. The molecule has 9 aromatic rings. The highest BCUT2D eigenvalue weighted by atomic mass is 32.1. The summed E-state index contributed by atoms with van der Waals surface area (Å²) in [6.07, 6.45) is 16.9. The molecule has 0 radical (unpaired) electrons. The molecule has 0 spiro atoms. The lowest BCUT2D eigenvalue weighted by Gasteiger charge is -1.68. The summed E-state index contributed by atoms with van der Waals surface area (Å²) in [4.78, 5) is 22.2. The van der Waals surface area contributed by atoms with Gasteiger partial charge < -0.3 is 18.4 Å². The second kappa shape index (κ2) is 65.1. The monoisotopic (exact) mass is 1030 g/mol. The minimum Gasteiger partial charge on any atom is -0.452 e. The third-order valence-electron chi connectivity index (χ3n) is 5.39. The Hall–Kier alpha value is -5.99. The predicted molar refractivity (Wildman–Crippen MR) is 299 cm³/mol. The summed E-state index contributed by atoms with van der Waals surface area (Å²) in [5.41, 5.74) is 9.57. The SMILES string of the molecule is CC.CC.CC.CC.CC.CC.CC.Cc1ccn[nH]1.Cc1cn[nH]c1.Cc1cnc[nH]1.Cc1cnoc1.Cc1cnsc1.Cc1cocn1.Cc1cscn1.Cc1noc(C)n1.Cc1nsc(C)n1. The van der Waals surface area contributed by atoms with Gasteiger partial charge in [-0.05, 0) is 109 Å². The molecule has 0 aromatic carbocycles. The van der Waals surface area contributed by atoms with Crippen molar-refractivity contribution < 1.29 is 13.5 Å². The standard InChI is InChI=1S/C4H6N2O.C4H6N2S.3C4H6N2.2C4H5NO.2C4H5NS.7C2H6/c2*1-3-5-4(2)7-6-3;1-4-2-5-3-6-4;1-4-2-5-6-3-4;1-4-2-3-5-6-4;1-4-2-6-3-5-4;1-4-2-5-6-3-4;1-4-2-6-3-5-4;1-4-2-5-6-3-4;7*1-2/h2*1-2H3;3*2-3H,1H3,(H,5,6);4*2-3H,1H3;7*1-2H3. The van der Waals surface area contributed by atoms with Gasteiger partial charge in [0, 0.05) is 65.1 Å². The van der Waals surface area contributed by atoms with Crippen molar-refractivity contribution in [1.82, 2.24) is 69.4 Å². The second-order valence-electron chi connectivity index (χ2n) is 11.1. The van der Waals surface area contributed by atoms with E-state index in [1.54, 1.807) is 68.8 Å². The maximum absolute atomic E-state index is 4.60. The number of imidazole rings is 1. The molecule has 9 rings (SSSR count). The van der Waals surface area contributed by atoms with Crippen LogP contribution in [0.2, 0.25) is 0 Å². The fourth-order valence-corrected chi connectivity index (χ4v) is 4.37. The molecule has 0 aliphatic rings. The Balaban J connectivity index is -0.000000124. The molecule has 0 aliphatic carbocycles. The highest BCUT2D eigenvalue weighted by Gasteiger charge is 1.90. The number of aromatic amines is 3. The lowest BCUT2D eigenvalue weighted by molar-refractivity contribution is 0.389. The smallest absolute Gasteiger partial charge is 0.223 e. The summed E-state index contributed by atoms with van der Waals surface area (Å²) in [5.74, 6) is 2.19. The van der Waals surface area contributed by atoms with Gasteiger partial charge in [-0.1, -0.05) is 107 Å². The van der Waals surface area contributed by atoms with Crippen LogP contribution in [0, 0.1) is 76.2 Å². The van der Waals surface area contributed by atoms with Crippen molar-refractivity contribution in [3.05, 3.63) is 147 Å². The largest absolute Gasteiger partial charge is 0.452 e. The van der Waals surface area contributed by atoms with E-state index in [1.165, 1.54) is 40.6 Å². The van der Waals surface area contributed by atoms with Crippen LogP contribution >= 0.6 is 34.4 Å². The van der Waals surface area contributed by atoms with E-state index in [-0.39, 0.29) is 0 Å². The minimum absolute atomic E-state index is 0.623. The van der Waals surface area contributed by atoms with Crippen LogP contribution in [0.15, 0.2) is 98.2 Å². The van der Waals surface area contributed by atoms with Crippen LogP contribution < -0.4 is 0 Å². The van der Waals surface area contributed by atoms with E-state index in [2.05, 4.69) is 82.8 Å². The second-order valence-corrected chi connectivity index (χ2v) is 13.5. The van der Waals surface area contributed by atoms with Crippen molar-refractivity contribution in [2.75, 3.05) is 0 Å². The molecule has 70 heavy (non-hydrogen) atoms. The molecule has 0 atom stereocenters. The Labute approximate surface area is 435 Å². The van der Waals surface area contributed by atoms with Crippen LogP contribution in [-0.2, 0) is 0 Å². The quantitative estimate of drug-likeness (QED) is 0.128. The summed E-state index contributed by atoms with van der Waals surface area (Å²) in [5, 5.41) is 24.9. The number of H-pyrrole nitrogens is 3. The average molecular weight is 1030 g/mol. The van der Waals surface area contributed by atoms with Crippen LogP contribution in [0.5, 0.6) is 0 Å². The molecule has 17 nitrogen and oxygen atoms in total. The molecule has 0 aliphatic heterocycles. The van der Waals surface area contributed by atoms with Crippen molar-refractivity contribution in [2.45, 2.75) is 173 Å². The molecule has 0 bridgehead atoms. The molecule has 0 saturated carbocycles. The highest BCUT2D eigenvalue weighted by Crippen LogP contribution is 1.99. The van der Waals surface area contributed by atoms with Crippen molar-refractivity contribution in [1.29, 1.82) is 0 Å². The first kappa shape index (κ1) is 78.2. The maximum atomic E-state index is 4.60. The van der Waals surface area contributed by atoms with Gasteiger partial charge in [0.15, 0.2) is 12.2 Å². The van der Waals surface area contributed by atoms with Crippen LogP contribution in [0.3, 0.4) is 0 Å². The number of thiazole rings is 1. The van der Waals surface area contributed by atoms with Gasteiger partial charge >= 0.3 is 0 Å². The van der Waals surface area contributed by atoms with Crippen molar-refractivity contribution in [2.24, 2.45) is 0 Å². The third kappa shape index (κ3) is 62.0. The Kier molecular flexibility index (Phi) is 72.7. The number of nitrogens with zero attached hydrogens (tertiary/aromatic N) is 11. The van der Waals surface area contributed by atoms with Crippen LogP contribution in [0.1, 0.15) is 159 Å². The molecule has 0 unspecified atom stereocenters. The summed E-state index contributed by atoms with van der Waals surface area (Å²) in [6.45, 7) is 49.1. The van der Waals surface area contributed by atoms with E-state index < -0.39 is 0 Å². The first-order valence-corrected chi connectivity index (χ1v) is 26.2. The Bertz CT molecular complexity index is 1680. The highest BCUT2D eigenvalue weighted by molar-refractivity contribution is 7.07. The van der Waals surface area contributed by atoms with Crippen molar-refractivity contribution in [3.8, 4) is 0 Å². The summed E-state index contributed by atoms with van der Waals surface area (Å²) in [7, 11) is 0. The van der Waals surface area contributed by atoms with E-state index in [1.807, 2.05) is 194 Å². The number of hydrogen-bond donors (Lipinski definition) is 3. The van der Waals surface area contributed by atoms with Gasteiger partial charge in [0.1, 0.15) is 23.4 Å². The number of aryl methyl sites for hydroxylation is 11. The molecule has 3 N–H and O–H groups in total. The fraction of sp³-hybridized carbons (Fsp3) is 0.500. The van der Waals surface area contributed by atoms with E-state index in [9.17, 15) is 0 Å². The number of aromatic nitrogens is 14. The van der Waals surface area contributed by atoms with E-state index >= 15 is 0 Å². The summed E-state index contributed by atoms with van der Waals surface area (Å²) >= 11 is 4.56. The van der Waals surface area contributed by atoms with Gasteiger partial charge in [-0.25, -0.2) is 19.3 Å². The zero-order valence-corrected chi connectivity index (χ0v) is 49.9. The molecular formula is C50H92N14O3S3. The lowest BCUT2D eigenvalue weighted by Crippen LogP contribution is -1.70. The van der Waals surface area contributed by atoms with E-state index in [0.717, 1.165) is 39.2 Å². The molecule has 20 heteroatoms. The Morgan fingerprint density at radius 1 is 0.586 bits per heavy atom. The molecule has 9 heterocycles. The fourth-order valence-electron chi connectivity index (χ4n) is 2.83. The van der Waals surface area contributed by atoms with Gasteiger partial charge in [-0.3, -0.25) is 15.2 Å². The van der Waals surface area contributed by atoms with Crippen molar-refractivity contribution >= 4 is 34.4 Å². The van der Waals surface area contributed by atoms with Gasteiger partial charge in [0.25, 0.3) is 0 Å². The maximum Gasteiger partial charge on any atom is 0.223 e. The number of nitrogens with one attached hydrogen (secondary N) is 3. The molecular weight excluding hydrogens is 941 g/mol. The Morgan fingerprint density at radius 3 is 1.36 bits per heavy atom. The van der Waals surface area contributed by atoms with Gasteiger partial charge in [0.05, 0.1) is 29.9 Å². The minimum atomic E-state index is 0.623. The summed E-state index contributed by atoms with van der Waals surface area (Å²) in [6, 6.07) is 1.92. The third-order valence-corrected chi connectivity index (χ3v) is 7.51. The molecule has 0 saturated heterocycles. The van der Waals surface area contributed by atoms with E-state index in [4.69, 9.17) is 0 Å². The number of oxazole rings is 1.